The van der Waals surface area contributed by atoms with E-state index in [-0.39, 0.29) is 0 Å². The maximum absolute atomic E-state index is 5.98. The highest BCUT2D eigenvalue weighted by Crippen LogP contribution is 2.28. The Morgan fingerprint density at radius 3 is 2.84 bits per heavy atom. The van der Waals surface area contributed by atoms with Gasteiger partial charge in [-0.2, -0.15) is 0 Å². The number of fused-ring (bicyclic) bond motifs is 1. The molecule has 0 amide bonds. The second-order valence-electron chi connectivity index (χ2n) is 5.25. The molecule has 1 aliphatic rings. The highest BCUT2D eigenvalue weighted by atomic mass is 16.5. The van der Waals surface area contributed by atoms with E-state index in [1.807, 2.05) is 19.2 Å². The number of hydrogen-bond donors (Lipinski definition) is 1. The first-order chi connectivity index (χ1) is 9.38. The lowest BCUT2D eigenvalue weighted by molar-refractivity contribution is 0.0359. The largest absolute Gasteiger partial charge is 0.458 e. The first kappa shape index (κ1) is 12.7. The third kappa shape index (κ3) is 2.67. The van der Waals surface area contributed by atoms with Crippen LogP contribution in [0.25, 0.3) is 11.0 Å². The van der Waals surface area contributed by atoms with Gasteiger partial charge in [-0.25, -0.2) is 0 Å². The van der Waals surface area contributed by atoms with E-state index in [2.05, 4.69) is 17.4 Å². The van der Waals surface area contributed by atoms with E-state index in [1.54, 1.807) is 0 Å². The Kier molecular flexibility index (Phi) is 3.85. The van der Waals surface area contributed by atoms with Crippen molar-refractivity contribution < 1.29 is 9.15 Å². The molecule has 0 unspecified atom stereocenters. The third-order valence-electron chi connectivity index (χ3n) is 3.89. The molecule has 2 aromatic rings. The van der Waals surface area contributed by atoms with Crippen LogP contribution < -0.4 is 5.32 Å². The summed E-state index contributed by atoms with van der Waals surface area (Å²) in [5, 5.41) is 4.41. The van der Waals surface area contributed by atoms with Crippen LogP contribution in [0.1, 0.15) is 37.0 Å². The van der Waals surface area contributed by atoms with E-state index < -0.39 is 0 Å². The van der Waals surface area contributed by atoms with Crippen LogP contribution in [-0.4, -0.2) is 13.2 Å². The van der Waals surface area contributed by atoms with Gasteiger partial charge in [0.1, 0.15) is 18.0 Å². The van der Waals surface area contributed by atoms with Gasteiger partial charge in [-0.15, -0.1) is 0 Å². The average Bonchev–Trinajstić information content (AvgIpc) is 3.05. The Labute approximate surface area is 113 Å². The molecule has 0 aliphatic heterocycles. The van der Waals surface area contributed by atoms with Crippen LogP contribution in [0.2, 0.25) is 0 Å². The minimum absolute atomic E-state index is 0.427. The number of benzene rings is 1. The summed E-state index contributed by atoms with van der Waals surface area (Å²) in [6.07, 6.45) is 5.42. The van der Waals surface area contributed by atoms with Crippen molar-refractivity contribution in [3.8, 4) is 0 Å². The van der Waals surface area contributed by atoms with Crippen LogP contribution in [-0.2, 0) is 17.9 Å². The molecule has 1 aliphatic carbocycles. The van der Waals surface area contributed by atoms with Crippen LogP contribution in [0.3, 0.4) is 0 Å². The minimum atomic E-state index is 0.427. The summed E-state index contributed by atoms with van der Waals surface area (Å²) in [6.45, 7) is 1.41. The van der Waals surface area contributed by atoms with Gasteiger partial charge in [0.2, 0.25) is 0 Å². The van der Waals surface area contributed by atoms with Crippen molar-refractivity contribution >= 4 is 11.0 Å². The van der Waals surface area contributed by atoms with E-state index in [4.69, 9.17) is 9.15 Å². The highest BCUT2D eigenvalue weighted by Gasteiger charge is 2.18. The van der Waals surface area contributed by atoms with Crippen LogP contribution in [0.15, 0.2) is 28.7 Å². The lowest BCUT2D eigenvalue weighted by Crippen LogP contribution is -2.10. The molecule has 1 N–H and O–H groups in total. The predicted molar refractivity (Wildman–Crippen MR) is 76.0 cm³/mol. The fourth-order valence-corrected chi connectivity index (χ4v) is 2.89. The molecule has 3 rings (SSSR count). The summed E-state index contributed by atoms with van der Waals surface area (Å²) >= 11 is 0. The Bertz CT molecular complexity index is 541. The van der Waals surface area contributed by atoms with Gasteiger partial charge in [-0.1, -0.05) is 31.0 Å². The summed E-state index contributed by atoms with van der Waals surface area (Å²) in [7, 11) is 1.96. The van der Waals surface area contributed by atoms with Crippen molar-refractivity contribution in [1.29, 1.82) is 0 Å². The lowest BCUT2D eigenvalue weighted by atomic mass is 10.1. The Morgan fingerprint density at radius 1 is 1.26 bits per heavy atom. The van der Waals surface area contributed by atoms with Crippen molar-refractivity contribution in [1.82, 2.24) is 5.32 Å². The second-order valence-corrected chi connectivity index (χ2v) is 5.25. The number of para-hydroxylation sites is 1. The van der Waals surface area contributed by atoms with Crippen molar-refractivity contribution in [3.63, 3.8) is 0 Å². The lowest BCUT2D eigenvalue weighted by Gasteiger charge is -2.10. The molecule has 0 atom stereocenters. The van der Waals surface area contributed by atoms with Crippen LogP contribution in [0.5, 0.6) is 0 Å². The summed E-state index contributed by atoms with van der Waals surface area (Å²) < 4.78 is 11.9. The summed E-state index contributed by atoms with van der Waals surface area (Å²) in [5.41, 5.74) is 2.19. The number of hydrogen-bond acceptors (Lipinski definition) is 3. The molecule has 3 heteroatoms. The smallest absolute Gasteiger partial charge is 0.135 e. The summed E-state index contributed by atoms with van der Waals surface area (Å²) in [4.78, 5) is 0. The van der Waals surface area contributed by atoms with Crippen molar-refractivity contribution in [2.75, 3.05) is 7.05 Å². The molecule has 0 bridgehead atoms. The average molecular weight is 259 g/mol. The third-order valence-corrected chi connectivity index (χ3v) is 3.89. The van der Waals surface area contributed by atoms with Gasteiger partial charge < -0.3 is 14.5 Å². The SMILES string of the molecule is CNCc1c(COC2CCCC2)oc2ccccc12. The molecule has 3 nitrogen and oxygen atoms in total. The maximum atomic E-state index is 5.98. The number of ether oxygens (including phenoxy) is 1. The Hall–Kier alpha value is -1.32. The zero-order valence-electron chi connectivity index (χ0n) is 11.4. The van der Waals surface area contributed by atoms with Gasteiger partial charge in [-0.3, -0.25) is 0 Å². The quantitative estimate of drug-likeness (QED) is 0.890. The fraction of sp³-hybridized carbons (Fsp3) is 0.500. The van der Waals surface area contributed by atoms with Crippen molar-refractivity contribution in [2.24, 2.45) is 0 Å². The number of furan rings is 1. The Morgan fingerprint density at radius 2 is 2.05 bits per heavy atom. The number of nitrogens with one attached hydrogen (secondary N) is 1. The first-order valence-corrected chi connectivity index (χ1v) is 7.14. The molecule has 0 spiro atoms. The Balaban J connectivity index is 1.82. The molecular weight excluding hydrogens is 238 g/mol. The van der Waals surface area contributed by atoms with Gasteiger partial charge >= 0.3 is 0 Å². The molecule has 1 fully saturated rings. The van der Waals surface area contributed by atoms with E-state index in [1.165, 1.54) is 36.6 Å². The molecule has 0 radical (unpaired) electrons. The molecule has 19 heavy (non-hydrogen) atoms. The second kappa shape index (κ2) is 5.76. The zero-order chi connectivity index (χ0) is 13.1. The van der Waals surface area contributed by atoms with Gasteiger partial charge in [-0.05, 0) is 26.0 Å². The summed E-state index contributed by atoms with van der Waals surface area (Å²) in [6, 6.07) is 8.20. The highest BCUT2D eigenvalue weighted by molar-refractivity contribution is 5.82. The normalized spacial score (nSPS) is 16.5. The molecule has 102 valence electrons. The molecule has 1 aromatic carbocycles. The van der Waals surface area contributed by atoms with Gasteiger partial charge in [0, 0.05) is 17.5 Å². The van der Waals surface area contributed by atoms with Crippen molar-refractivity contribution in [3.05, 3.63) is 35.6 Å². The summed E-state index contributed by atoms with van der Waals surface area (Å²) in [5.74, 6) is 0.974. The monoisotopic (exact) mass is 259 g/mol. The molecule has 1 saturated carbocycles. The van der Waals surface area contributed by atoms with Crippen molar-refractivity contribution in [2.45, 2.75) is 44.9 Å². The number of rotatable bonds is 5. The molecule has 1 aromatic heterocycles. The topological polar surface area (TPSA) is 34.4 Å². The standard InChI is InChI=1S/C16H21NO2/c1-17-10-14-13-8-4-5-9-15(13)19-16(14)11-18-12-6-2-3-7-12/h4-5,8-9,12,17H,2-3,6-7,10-11H2,1H3. The van der Waals surface area contributed by atoms with E-state index >= 15 is 0 Å². The maximum Gasteiger partial charge on any atom is 0.135 e. The fourth-order valence-electron chi connectivity index (χ4n) is 2.89. The van der Waals surface area contributed by atoms with E-state index in [0.717, 1.165) is 17.9 Å². The predicted octanol–water partition coefficient (Wildman–Crippen LogP) is 3.61. The van der Waals surface area contributed by atoms with E-state index in [0.29, 0.717) is 12.7 Å². The van der Waals surface area contributed by atoms with Crippen LogP contribution >= 0.6 is 0 Å². The van der Waals surface area contributed by atoms with Gasteiger partial charge in [0.05, 0.1) is 6.10 Å². The van der Waals surface area contributed by atoms with Crippen LogP contribution in [0, 0.1) is 0 Å². The minimum Gasteiger partial charge on any atom is -0.458 e. The van der Waals surface area contributed by atoms with Gasteiger partial charge in [0.15, 0.2) is 0 Å². The van der Waals surface area contributed by atoms with Crippen LogP contribution in [0.4, 0.5) is 0 Å². The first-order valence-electron chi connectivity index (χ1n) is 7.14. The molecule has 1 heterocycles. The van der Waals surface area contributed by atoms with E-state index in [9.17, 15) is 0 Å². The van der Waals surface area contributed by atoms with Gasteiger partial charge in [0.25, 0.3) is 0 Å². The zero-order valence-corrected chi connectivity index (χ0v) is 11.4. The molecular formula is C16H21NO2. The molecule has 0 saturated heterocycles.